The summed E-state index contributed by atoms with van der Waals surface area (Å²) in [5.41, 5.74) is 2.77. The third kappa shape index (κ3) is 1.98. The van der Waals surface area contributed by atoms with Crippen LogP contribution in [0.5, 0.6) is 0 Å². The van der Waals surface area contributed by atoms with Gasteiger partial charge in [0.25, 0.3) is 5.56 Å². The molecule has 0 aromatic carbocycles. The van der Waals surface area contributed by atoms with E-state index < -0.39 is 0 Å². The Hall–Kier alpha value is -1.79. The van der Waals surface area contributed by atoms with Crippen LogP contribution < -0.4 is 5.56 Å². The van der Waals surface area contributed by atoms with E-state index in [1.165, 1.54) is 11.3 Å². The molecule has 6 heteroatoms. The smallest absolute Gasteiger partial charge is 0.271 e. The minimum Gasteiger partial charge on any atom is -0.370 e. The molecule has 0 bridgehead atoms. The van der Waals surface area contributed by atoms with Gasteiger partial charge in [0.05, 0.1) is 29.7 Å². The van der Waals surface area contributed by atoms with Crippen LogP contribution in [0.1, 0.15) is 32.0 Å². The predicted octanol–water partition coefficient (Wildman–Crippen LogP) is 2.88. The van der Waals surface area contributed by atoms with E-state index in [4.69, 9.17) is 9.72 Å². The zero-order valence-electron chi connectivity index (χ0n) is 12.8. The van der Waals surface area contributed by atoms with Gasteiger partial charge < -0.3 is 4.74 Å². The predicted molar refractivity (Wildman–Crippen MR) is 87.4 cm³/mol. The molecule has 0 N–H and O–H groups in total. The lowest BCUT2D eigenvalue weighted by atomic mass is 9.95. The lowest BCUT2D eigenvalue weighted by Crippen LogP contribution is -2.32. The van der Waals surface area contributed by atoms with E-state index in [1.54, 1.807) is 10.9 Å². The molecule has 3 aromatic heterocycles. The summed E-state index contributed by atoms with van der Waals surface area (Å²) in [7, 11) is 0. The van der Waals surface area contributed by atoms with Crippen molar-refractivity contribution in [3.05, 3.63) is 34.0 Å². The molecular weight excluding hydrogens is 298 g/mol. The molecule has 0 atom stereocenters. The van der Waals surface area contributed by atoms with E-state index in [1.807, 2.05) is 6.92 Å². The van der Waals surface area contributed by atoms with Crippen LogP contribution >= 0.6 is 11.3 Å². The van der Waals surface area contributed by atoms with E-state index >= 15 is 0 Å². The summed E-state index contributed by atoms with van der Waals surface area (Å²) in [6.07, 6.45) is 2.41. The molecule has 0 aliphatic carbocycles. The standard InChI is InChI=1S/C16H17N3O2S/c1-4-19-8-17-12-10-5-9-7-21-16(2,3)6-11(9)18-14(10)22-13(12)15(19)20/h5,8H,4,6-7H2,1-3H3. The van der Waals surface area contributed by atoms with Gasteiger partial charge in [0.1, 0.15) is 9.53 Å². The van der Waals surface area contributed by atoms with Crippen molar-refractivity contribution >= 4 is 31.8 Å². The first-order valence-corrected chi connectivity index (χ1v) is 8.24. The maximum absolute atomic E-state index is 12.4. The molecule has 114 valence electrons. The van der Waals surface area contributed by atoms with Gasteiger partial charge in [-0.25, -0.2) is 9.97 Å². The third-order valence-electron chi connectivity index (χ3n) is 4.16. The number of rotatable bonds is 1. The van der Waals surface area contributed by atoms with Crippen LogP contribution in [0.25, 0.3) is 20.4 Å². The Labute approximate surface area is 131 Å². The summed E-state index contributed by atoms with van der Waals surface area (Å²) in [6, 6.07) is 2.09. The first kappa shape index (κ1) is 13.8. The zero-order chi connectivity index (χ0) is 15.5. The Morgan fingerprint density at radius 3 is 3.05 bits per heavy atom. The Balaban J connectivity index is 2.01. The first-order chi connectivity index (χ1) is 10.5. The van der Waals surface area contributed by atoms with Gasteiger partial charge in [-0.1, -0.05) is 0 Å². The summed E-state index contributed by atoms with van der Waals surface area (Å²) in [5.74, 6) is 0. The molecule has 3 aromatic rings. The number of ether oxygens (including phenoxy) is 1. The van der Waals surface area contributed by atoms with Gasteiger partial charge in [-0.3, -0.25) is 9.36 Å². The van der Waals surface area contributed by atoms with E-state index in [0.717, 1.165) is 33.4 Å². The summed E-state index contributed by atoms with van der Waals surface area (Å²) in [4.78, 5) is 22.6. The van der Waals surface area contributed by atoms with Gasteiger partial charge in [0, 0.05) is 23.9 Å². The van der Waals surface area contributed by atoms with Crippen molar-refractivity contribution in [2.75, 3.05) is 0 Å². The molecule has 4 heterocycles. The molecule has 4 rings (SSSR count). The summed E-state index contributed by atoms with van der Waals surface area (Å²) in [5, 5.41) is 0.961. The average molecular weight is 315 g/mol. The second-order valence-corrected chi connectivity index (χ2v) is 7.29. The van der Waals surface area contributed by atoms with Gasteiger partial charge in [0.2, 0.25) is 0 Å². The van der Waals surface area contributed by atoms with E-state index in [9.17, 15) is 4.79 Å². The Bertz CT molecular complexity index is 955. The minimum atomic E-state index is -0.183. The summed E-state index contributed by atoms with van der Waals surface area (Å²) in [6.45, 7) is 7.29. The van der Waals surface area contributed by atoms with Gasteiger partial charge >= 0.3 is 0 Å². The Morgan fingerprint density at radius 1 is 1.45 bits per heavy atom. The van der Waals surface area contributed by atoms with Gasteiger partial charge in [0.15, 0.2) is 0 Å². The van der Waals surface area contributed by atoms with Crippen LogP contribution in [0.3, 0.4) is 0 Å². The van der Waals surface area contributed by atoms with Crippen molar-refractivity contribution < 1.29 is 4.74 Å². The number of thiophene rings is 1. The fourth-order valence-corrected chi connectivity index (χ4v) is 3.98. The highest BCUT2D eigenvalue weighted by Crippen LogP contribution is 2.34. The van der Waals surface area contributed by atoms with E-state index in [2.05, 4.69) is 24.9 Å². The topological polar surface area (TPSA) is 57.0 Å². The van der Waals surface area contributed by atoms with Crippen LogP contribution in [0, 0.1) is 0 Å². The Kier molecular flexibility index (Phi) is 2.90. The average Bonchev–Trinajstić information content (AvgIpc) is 2.83. The van der Waals surface area contributed by atoms with Gasteiger partial charge in [-0.15, -0.1) is 11.3 Å². The van der Waals surface area contributed by atoms with Crippen LogP contribution in [0.2, 0.25) is 0 Å². The highest BCUT2D eigenvalue weighted by molar-refractivity contribution is 7.25. The lowest BCUT2D eigenvalue weighted by molar-refractivity contribution is -0.0411. The SMILES string of the molecule is CCn1cnc2c(sc3nc4c(cc32)COC(C)(C)C4)c1=O. The molecule has 0 radical (unpaired) electrons. The van der Waals surface area contributed by atoms with E-state index in [-0.39, 0.29) is 11.2 Å². The molecule has 0 fully saturated rings. The molecule has 1 aliphatic rings. The van der Waals surface area contributed by atoms with Crippen molar-refractivity contribution in [3.63, 3.8) is 0 Å². The number of aryl methyl sites for hydroxylation is 1. The largest absolute Gasteiger partial charge is 0.370 e. The third-order valence-corrected chi connectivity index (χ3v) is 5.24. The molecule has 0 spiro atoms. The maximum Gasteiger partial charge on any atom is 0.271 e. The molecule has 22 heavy (non-hydrogen) atoms. The highest BCUT2D eigenvalue weighted by atomic mass is 32.1. The molecular formula is C16H17N3O2S. The quantitative estimate of drug-likeness (QED) is 0.693. The van der Waals surface area contributed by atoms with Crippen molar-refractivity contribution in [3.8, 4) is 0 Å². The van der Waals surface area contributed by atoms with Crippen molar-refractivity contribution in [2.24, 2.45) is 0 Å². The summed E-state index contributed by atoms with van der Waals surface area (Å²) >= 11 is 1.44. The second-order valence-electron chi connectivity index (χ2n) is 6.29. The zero-order valence-corrected chi connectivity index (χ0v) is 13.7. The van der Waals surface area contributed by atoms with Crippen molar-refractivity contribution in [2.45, 2.75) is 45.9 Å². The first-order valence-electron chi connectivity index (χ1n) is 7.43. The number of nitrogens with zero attached hydrogens (tertiary/aromatic N) is 3. The lowest BCUT2D eigenvalue weighted by Gasteiger charge is -2.30. The number of pyridine rings is 1. The number of fused-ring (bicyclic) bond motifs is 4. The van der Waals surface area contributed by atoms with Gasteiger partial charge in [-0.05, 0) is 26.8 Å². The molecule has 0 amide bonds. The van der Waals surface area contributed by atoms with E-state index in [0.29, 0.717) is 17.9 Å². The Morgan fingerprint density at radius 2 is 2.27 bits per heavy atom. The van der Waals surface area contributed by atoms with Crippen molar-refractivity contribution in [1.29, 1.82) is 0 Å². The summed E-state index contributed by atoms with van der Waals surface area (Å²) < 4.78 is 8.18. The van der Waals surface area contributed by atoms with Crippen LogP contribution in [-0.2, 0) is 24.3 Å². The number of hydrogen-bond donors (Lipinski definition) is 0. The molecule has 0 saturated carbocycles. The van der Waals surface area contributed by atoms with Crippen molar-refractivity contribution in [1.82, 2.24) is 14.5 Å². The van der Waals surface area contributed by atoms with Crippen LogP contribution in [-0.4, -0.2) is 20.1 Å². The van der Waals surface area contributed by atoms with Crippen LogP contribution in [0.4, 0.5) is 0 Å². The normalized spacial score (nSPS) is 17.0. The second kappa shape index (κ2) is 4.60. The molecule has 0 unspecified atom stereocenters. The number of hydrogen-bond acceptors (Lipinski definition) is 5. The molecule has 0 saturated heterocycles. The molecule has 1 aliphatic heterocycles. The van der Waals surface area contributed by atoms with Gasteiger partial charge in [-0.2, -0.15) is 0 Å². The number of aromatic nitrogens is 3. The fraction of sp³-hybridized carbons (Fsp3) is 0.438. The molecule has 5 nitrogen and oxygen atoms in total. The van der Waals surface area contributed by atoms with Crippen LogP contribution in [0.15, 0.2) is 17.2 Å². The minimum absolute atomic E-state index is 0.0186. The monoisotopic (exact) mass is 315 g/mol. The highest BCUT2D eigenvalue weighted by Gasteiger charge is 2.28. The fourth-order valence-electron chi connectivity index (χ4n) is 2.90. The maximum atomic E-state index is 12.4.